The Morgan fingerprint density at radius 2 is 1.51 bits per heavy atom. The molecule has 0 spiro atoms. The molecule has 1 amide bonds. The van der Waals surface area contributed by atoms with Gasteiger partial charge in [-0.25, -0.2) is 8.42 Å². The molecule has 1 aliphatic rings. The topological polar surface area (TPSA) is 66.5 Å². The number of anilines is 2. The number of rotatable bonds is 4. The first-order chi connectivity index (χ1) is 16.8. The van der Waals surface area contributed by atoms with E-state index in [0.717, 1.165) is 23.2 Å². The average molecular weight is 612 g/mol. The summed E-state index contributed by atoms with van der Waals surface area (Å²) in [5.41, 5.74) is 5.10. The zero-order chi connectivity index (χ0) is 24.6. The number of carbonyl (C=O) groups excluding carboxylic acids is 1. The number of halogens is 2. The van der Waals surface area contributed by atoms with Gasteiger partial charge in [0, 0.05) is 32.3 Å². The summed E-state index contributed by atoms with van der Waals surface area (Å²) < 4.78 is 29.5. The van der Waals surface area contributed by atoms with E-state index in [1.165, 1.54) is 11.6 Å². The highest BCUT2D eigenvalue weighted by Gasteiger charge is 2.25. The molecule has 1 N–H and O–H groups in total. The van der Waals surface area contributed by atoms with Gasteiger partial charge in [-0.05, 0) is 82.0 Å². The van der Waals surface area contributed by atoms with Crippen LogP contribution in [0.4, 0.5) is 11.4 Å². The van der Waals surface area contributed by atoms with Gasteiger partial charge in [0.2, 0.25) is 0 Å². The van der Waals surface area contributed by atoms with E-state index < -0.39 is 10.0 Å². The molecule has 0 saturated heterocycles. The SMILES string of the molecule is O=C(c1ccc(NS(=O)(=O)c2cc(Br)ccc2Br)cc1)N1CCc2ccccc2-c2ccccc21. The van der Waals surface area contributed by atoms with Gasteiger partial charge in [-0.2, -0.15) is 0 Å². The Hall–Kier alpha value is -2.94. The van der Waals surface area contributed by atoms with Gasteiger partial charge in [-0.3, -0.25) is 9.52 Å². The van der Waals surface area contributed by atoms with Crippen LogP contribution in [0, 0.1) is 0 Å². The van der Waals surface area contributed by atoms with Crippen LogP contribution in [0.5, 0.6) is 0 Å². The highest BCUT2D eigenvalue weighted by atomic mass is 79.9. The molecule has 35 heavy (non-hydrogen) atoms. The molecule has 5 nitrogen and oxygen atoms in total. The molecule has 0 unspecified atom stereocenters. The van der Waals surface area contributed by atoms with E-state index >= 15 is 0 Å². The van der Waals surface area contributed by atoms with Crippen LogP contribution in [-0.2, 0) is 16.4 Å². The van der Waals surface area contributed by atoms with Crippen LogP contribution < -0.4 is 9.62 Å². The average Bonchev–Trinajstić information content (AvgIpc) is 3.02. The van der Waals surface area contributed by atoms with Crippen molar-refractivity contribution in [1.29, 1.82) is 0 Å². The van der Waals surface area contributed by atoms with Crippen molar-refractivity contribution in [2.45, 2.75) is 11.3 Å². The molecule has 0 aliphatic carbocycles. The van der Waals surface area contributed by atoms with Crippen molar-refractivity contribution < 1.29 is 13.2 Å². The Bertz CT molecular complexity index is 1540. The third-order valence-corrected chi connectivity index (χ3v) is 8.79. The van der Waals surface area contributed by atoms with Crippen LogP contribution in [0.3, 0.4) is 0 Å². The molecule has 8 heteroatoms. The highest BCUT2D eigenvalue weighted by Crippen LogP contribution is 2.37. The lowest BCUT2D eigenvalue weighted by Crippen LogP contribution is -2.32. The number of para-hydroxylation sites is 1. The maximum atomic E-state index is 13.5. The van der Waals surface area contributed by atoms with Gasteiger partial charge in [-0.1, -0.05) is 58.4 Å². The summed E-state index contributed by atoms with van der Waals surface area (Å²) in [5.74, 6) is -0.130. The van der Waals surface area contributed by atoms with Crippen LogP contribution >= 0.6 is 31.9 Å². The zero-order valence-corrected chi connectivity index (χ0v) is 22.4. The second-order valence-corrected chi connectivity index (χ2v) is 11.6. The second-order valence-electron chi connectivity index (χ2n) is 8.14. The van der Waals surface area contributed by atoms with E-state index in [4.69, 9.17) is 0 Å². The Balaban J connectivity index is 1.41. The smallest absolute Gasteiger partial charge is 0.263 e. The normalized spacial score (nSPS) is 12.9. The van der Waals surface area contributed by atoms with Gasteiger partial charge < -0.3 is 4.90 Å². The van der Waals surface area contributed by atoms with Crippen molar-refractivity contribution >= 4 is 59.2 Å². The van der Waals surface area contributed by atoms with E-state index in [9.17, 15) is 13.2 Å². The largest absolute Gasteiger partial charge is 0.307 e. The van der Waals surface area contributed by atoms with Gasteiger partial charge in [0.1, 0.15) is 4.90 Å². The molecule has 5 rings (SSSR count). The number of amides is 1. The van der Waals surface area contributed by atoms with Crippen molar-refractivity contribution in [3.63, 3.8) is 0 Å². The van der Waals surface area contributed by atoms with Crippen molar-refractivity contribution in [1.82, 2.24) is 0 Å². The second kappa shape index (κ2) is 9.60. The summed E-state index contributed by atoms with van der Waals surface area (Å²) in [5, 5.41) is 0. The number of benzene rings is 4. The fourth-order valence-corrected chi connectivity index (χ4v) is 6.79. The van der Waals surface area contributed by atoms with Crippen molar-refractivity contribution in [3.8, 4) is 11.1 Å². The van der Waals surface area contributed by atoms with Gasteiger partial charge in [0.15, 0.2) is 0 Å². The fourth-order valence-electron chi connectivity index (χ4n) is 4.23. The Labute approximate surface area is 221 Å². The van der Waals surface area contributed by atoms with E-state index in [2.05, 4.69) is 48.7 Å². The summed E-state index contributed by atoms with van der Waals surface area (Å²) in [7, 11) is -3.82. The number of carbonyl (C=O) groups is 1. The molecule has 1 aliphatic heterocycles. The number of nitrogens with one attached hydrogen (secondary N) is 1. The minimum absolute atomic E-state index is 0.118. The maximum Gasteiger partial charge on any atom is 0.263 e. The first-order valence-electron chi connectivity index (χ1n) is 10.9. The minimum Gasteiger partial charge on any atom is -0.307 e. The standard InChI is InChI=1S/C27H20Br2N2O3S/c28-20-11-14-24(29)26(17-20)35(33,34)30-21-12-9-19(10-13-21)27(32)31-16-15-18-5-1-2-6-22(18)23-7-3-4-8-25(23)31/h1-14,17,30H,15-16H2. The van der Waals surface area contributed by atoms with Crippen LogP contribution in [-0.4, -0.2) is 20.9 Å². The Kier molecular flexibility index (Phi) is 6.53. The molecule has 1 heterocycles. The molecule has 4 aromatic carbocycles. The van der Waals surface area contributed by atoms with Gasteiger partial charge >= 0.3 is 0 Å². The quantitative estimate of drug-likeness (QED) is 0.273. The van der Waals surface area contributed by atoms with E-state index in [1.807, 2.05) is 36.4 Å². The lowest BCUT2D eigenvalue weighted by molar-refractivity contribution is 0.0987. The minimum atomic E-state index is -3.82. The lowest BCUT2D eigenvalue weighted by atomic mass is 9.98. The summed E-state index contributed by atoms with van der Waals surface area (Å²) in [4.78, 5) is 15.5. The van der Waals surface area contributed by atoms with Crippen molar-refractivity contribution in [2.24, 2.45) is 0 Å². The summed E-state index contributed by atoms with van der Waals surface area (Å²) in [6.07, 6.45) is 0.746. The number of hydrogen-bond donors (Lipinski definition) is 1. The van der Waals surface area contributed by atoms with Gasteiger partial charge in [0.25, 0.3) is 15.9 Å². The molecule has 0 radical (unpaired) electrons. The van der Waals surface area contributed by atoms with Crippen LogP contribution in [0.1, 0.15) is 15.9 Å². The summed E-state index contributed by atoms with van der Waals surface area (Å²) in [6, 6.07) is 27.6. The number of fused-ring (bicyclic) bond motifs is 3. The van der Waals surface area contributed by atoms with Crippen LogP contribution in [0.2, 0.25) is 0 Å². The zero-order valence-electron chi connectivity index (χ0n) is 18.4. The predicted molar refractivity (Wildman–Crippen MR) is 146 cm³/mol. The number of nitrogens with zero attached hydrogens (tertiary/aromatic N) is 1. The molecule has 176 valence electrons. The van der Waals surface area contributed by atoms with E-state index in [0.29, 0.717) is 26.7 Å². The van der Waals surface area contributed by atoms with Crippen LogP contribution in [0.25, 0.3) is 11.1 Å². The van der Waals surface area contributed by atoms with E-state index in [-0.39, 0.29) is 10.8 Å². The monoisotopic (exact) mass is 610 g/mol. The first kappa shape index (κ1) is 23.8. The number of hydrogen-bond acceptors (Lipinski definition) is 3. The maximum absolute atomic E-state index is 13.5. The molecule has 0 saturated carbocycles. The van der Waals surface area contributed by atoms with Gasteiger partial charge in [0.05, 0.1) is 5.69 Å². The molecule has 0 aromatic heterocycles. The Morgan fingerprint density at radius 1 is 0.829 bits per heavy atom. The summed E-state index contributed by atoms with van der Waals surface area (Å²) in [6.45, 7) is 0.554. The number of sulfonamides is 1. The van der Waals surface area contributed by atoms with Crippen molar-refractivity contribution in [2.75, 3.05) is 16.2 Å². The molecular weight excluding hydrogens is 592 g/mol. The summed E-state index contributed by atoms with van der Waals surface area (Å²) >= 11 is 6.60. The molecule has 0 bridgehead atoms. The lowest BCUT2D eigenvalue weighted by Gasteiger charge is -2.23. The van der Waals surface area contributed by atoms with Crippen molar-refractivity contribution in [3.05, 3.63) is 111 Å². The first-order valence-corrected chi connectivity index (χ1v) is 14.0. The molecular formula is C27H20Br2N2O3S. The third-order valence-electron chi connectivity index (χ3n) is 5.92. The molecule has 4 aromatic rings. The van der Waals surface area contributed by atoms with Crippen LogP contribution in [0.15, 0.2) is 105 Å². The highest BCUT2D eigenvalue weighted by molar-refractivity contribution is 9.11. The van der Waals surface area contributed by atoms with Gasteiger partial charge in [-0.15, -0.1) is 0 Å². The predicted octanol–water partition coefficient (Wildman–Crippen LogP) is 6.88. The Morgan fingerprint density at radius 3 is 2.29 bits per heavy atom. The molecule has 0 fully saturated rings. The fraction of sp³-hybridized carbons (Fsp3) is 0.0741. The third kappa shape index (κ3) is 4.78. The van der Waals surface area contributed by atoms with E-state index in [1.54, 1.807) is 41.3 Å². The molecule has 0 atom stereocenters.